The van der Waals surface area contributed by atoms with Gasteiger partial charge in [-0.15, -0.1) is 0 Å². The number of aliphatic carboxylic acids is 1. The van der Waals surface area contributed by atoms with E-state index in [-0.39, 0.29) is 6.42 Å². The molecule has 24 heavy (non-hydrogen) atoms. The Hall–Kier alpha value is -2.53. The molecule has 0 rings (SSSR count). The van der Waals surface area contributed by atoms with E-state index in [1.54, 1.807) is 0 Å². The van der Waals surface area contributed by atoms with E-state index >= 15 is 0 Å². The minimum atomic E-state index is -1.32. The Morgan fingerprint density at radius 2 is 1.75 bits per heavy atom. The Kier molecular flexibility index (Phi) is 9.20. The SMILES string of the molecule is C[C@@H](O)[C@H](N)C(=O)N[C@@H](CCC(=O)O)C(=O)N[C@H](C=O)CC(N)=O. The molecular formula is C13H22N4O7. The summed E-state index contributed by atoms with van der Waals surface area (Å²) in [6.07, 6.45) is -2.06. The number of nitrogens with one attached hydrogen (secondary N) is 2. The quantitative estimate of drug-likeness (QED) is 0.208. The van der Waals surface area contributed by atoms with Gasteiger partial charge in [-0.2, -0.15) is 0 Å². The number of primary amides is 1. The topological polar surface area (TPSA) is 202 Å². The summed E-state index contributed by atoms with van der Waals surface area (Å²) in [7, 11) is 0. The first kappa shape index (κ1) is 21.5. The standard InChI is InChI=1S/C13H22N4O7/c1-6(19)11(15)13(24)17-8(2-3-10(21)22)12(23)16-7(5-18)4-9(14)20/h5-8,11,19H,2-4,15H2,1H3,(H2,14,20)(H,16,23)(H,17,24)(H,21,22)/t6-,7+,8+,11+/m1/s1. The lowest BCUT2D eigenvalue weighted by Gasteiger charge is -2.22. The highest BCUT2D eigenvalue weighted by Gasteiger charge is 2.27. The fourth-order valence-electron chi connectivity index (χ4n) is 1.66. The van der Waals surface area contributed by atoms with Crippen LogP contribution in [0.4, 0.5) is 0 Å². The third kappa shape index (κ3) is 8.19. The fourth-order valence-corrected chi connectivity index (χ4v) is 1.66. The van der Waals surface area contributed by atoms with Crippen LogP contribution >= 0.6 is 0 Å². The highest BCUT2D eigenvalue weighted by molar-refractivity contribution is 5.92. The molecule has 0 aromatic rings. The minimum absolute atomic E-state index is 0.276. The van der Waals surface area contributed by atoms with Gasteiger partial charge in [-0.3, -0.25) is 19.2 Å². The summed E-state index contributed by atoms with van der Waals surface area (Å²) in [5.41, 5.74) is 10.4. The molecule has 0 aliphatic heterocycles. The number of hydrogen-bond donors (Lipinski definition) is 6. The molecule has 0 aromatic heterocycles. The van der Waals surface area contributed by atoms with Gasteiger partial charge < -0.3 is 37.1 Å². The molecule has 0 saturated carbocycles. The highest BCUT2D eigenvalue weighted by atomic mass is 16.4. The molecule has 0 saturated heterocycles. The van der Waals surface area contributed by atoms with Crippen LogP contribution in [0.15, 0.2) is 0 Å². The molecular weight excluding hydrogens is 324 g/mol. The van der Waals surface area contributed by atoms with Gasteiger partial charge in [-0.25, -0.2) is 0 Å². The van der Waals surface area contributed by atoms with Crippen LogP contribution in [0.5, 0.6) is 0 Å². The van der Waals surface area contributed by atoms with E-state index in [1.807, 2.05) is 0 Å². The Morgan fingerprint density at radius 3 is 2.17 bits per heavy atom. The van der Waals surface area contributed by atoms with Crippen LogP contribution in [-0.4, -0.2) is 64.4 Å². The van der Waals surface area contributed by atoms with Crippen molar-refractivity contribution in [1.82, 2.24) is 10.6 Å². The number of aldehydes is 1. The average Bonchev–Trinajstić information content (AvgIpc) is 2.48. The molecule has 8 N–H and O–H groups in total. The highest BCUT2D eigenvalue weighted by Crippen LogP contribution is 2.01. The van der Waals surface area contributed by atoms with Gasteiger partial charge in [0.05, 0.1) is 18.6 Å². The number of carbonyl (C=O) groups is 5. The van der Waals surface area contributed by atoms with E-state index < -0.39 is 60.8 Å². The largest absolute Gasteiger partial charge is 0.481 e. The van der Waals surface area contributed by atoms with Gasteiger partial charge in [-0.05, 0) is 13.3 Å². The normalized spacial score (nSPS) is 15.5. The molecule has 11 nitrogen and oxygen atoms in total. The Labute approximate surface area is 137 Å². The zero-order valence-corrected chi connectivity index (χ0v) is 13.1. The van der Waals surface area contributed by atoms with Crippen molar-refractivity contribution in [2.24, 2.45) is 11.5 Å². The summed E-state index contributed by atoms with van der Waals surface area (Å²) in [6, 6.07) is -3.84. The van der Waals surface area contributed by atoms with Gasteiger partial charge in [0, 0.05) is 6.42 Å². The lowest BCUT2D eigenvalue weighted by molar-refractivity contribution is -0.138. The molecule has 136 valence electrons. The lowest BCUT2D eigenvalue weighted by Crippen LogP contribution is -2.56. The maximum atomic E-state index is 12.1. The van der Waals surface area contributed by atoms with Crippen molar-refractivity contribution in [2.75, 3.05) is 0 Å². The zero-order chi connectivity index (χ0) is 18.9. The Bertz CT molecular complexity index is 495. The Morgan fingerprint density at radius 1 is 1.17 bits per heavy atom. The smallest absolute Gasteiger partial charge is 0.303 e. The summed E-state index contributed by atoms with van der Waals surface area (Å²) in [5.74, 6) is -3.77. The number of carboxylic acid groups (broad SMARTS) is 1. The second-order valence-electron chi connectivity index (χ2n) is 5.18. The van der Waals surface area contributed by atoms with Crippen LogP contribution in [-0.2, 0) is 24.0 Å². The monoisotopic (exact) mass is 346 g/mol. The number of amides is 3. The minimum Gasteiger partial charge on any atom is -0.481 e. The van der Waals surface area contributed by atoms with E-state index in [0.29, 0.717) is 6.29 Å². The first-order valence-corrected chi connectivity index (χ1v) is 7.08. The predicted octanol–water partition coefficient (Wildman–Crippen LogP) is -3.40. The van der Waals surface area contributed by atoms with Crippen molar-refractivity contribution in [3.63, 3.8) is 0 Å². The number of aliphatic hydroxyl groups excluding tert-OH is 1. The van der Waals surface area contributed by atoms with Crippen LogP contribution in [0.2, 0.25) is 0 Å². The van der Waals surface area contributed by atoms with Gasteiger partial charge in [0.1, 0.15) is 18.4 Å². The number of aliphatic hydroxyl groups is 1. The van der Waals surface area contributed by atoms with Crippen molar-refractivity contribution in [1.29, 1.82) is 0 Å². The molecule has 4 atom stereocenters. The van der Waals surface area contributed by atoms with E-state index in [0.717, 1.165) is 0 Å². The second kappa shape index (κ2) is 10.3. The summed E-state index contributed by atoms with van der Waals surface area (Å²) < 4.78 is 0. The van der Waals surface area contributed by atoms with Crippen molar-refractivity contribution < 1.29 is 34.2 Å². The van der Waals surface area contributed by atoms with Crippen molar-refractivity contribution >= 4 is 30.0 Å². The van der Waals surface area contributed by atoms with Gasteiger partial charge in [0.15, 0.2) is 0 Å². The molecule has 0 spiro atoms. The van der Waals surface area contributed by atoms with E-state index in [4.69, 9.17) is 16.6 Å². The molecule has 0 unspecified atom stereocenters. The third-order valence-electron chi connectivity index (χ3n) is 3.02. The van der Waals surface area contributed by atoms with Crippen LogP contribution in [0, 0.1) is 0 Å². The predicted molar refractivity (Wildman–Crippen MR) is 80.3 cm³/mol. The van der Waals surface area contributed by atoms with Crippen LogP contribution < -0.4 is 22.1 Å². The van der Waals surface area contributed by atoms with Gasteiger partial charge >= 0.3 is 5.97 Å². The number of nitrogens with two attached hydrogens (primary N) is 2. The molecule has 0 radical (unpaired) electrons. The van der Waals surface area contributed by atoms with Gasteiger partial charge in [0.2, 0.25) is 17.7 Å². The molecule has 0 bridgehead atoms. The zero-order valence-electron chi connectivity index (χ0n) is 13.1. The number of rotatable bonds is 11. The molecule has 3 amide bonds. The van der Waals surface area contributed by atoms with Gasteiger partial charge in [-0.1, -0.05) is 0 Å². The average molecular weight is 346 g/mol. The number of carboxylic acids is 1. The Balaban J connectivity index is 4.99. The van der Waals surface area contributed by atoms with E-state index in [2.05, 4.69) is 10.6 Å². The molecule has 0 heterocycles. The van der Waals surface area contributed by atoms with Crippen molar-refractivity contribution in [2.45, 2.75) is 50.4 Å². The second-order valence-corrected chi connectivity index (χ2v) is 5.18. The maximum Gasteiger partial charge on any atom is 0.303 e. The lowest BCUT2D eigenvalue weighted by atomic mass is 10.1. The summed E-state index contributed by atoms with van der Waals surface area (Å²) >= 11 is 0. The number of carbonyl (C=O) groups excluding carboxylic acids is 4. The van der Waals surface area contributed by atoms with E-state index in [9.17, 15) is 29.1 Å². The van der Waals surface area contributed by atoms with Crippen molar-refractivity contribution in [3.05, 3.63) is 0 Å². The summed E-state index contributed by atoms with van der Waals surface area (Å²) in [4.78, 5) is 56.2. The third-order valence-corrected chi connectivity index (χ3v) is 3.02. The van der Waals surface area contributed by atoms with Crippen LogP contribution in [0.25, 0.3) is 0 Å². The summed E-state index contributed by atoms with van der Waals surface area (Å²) in [6.45, 7) is 1.27. The first-order chi connectivity index (χ1) is 11.1. The van der Waals surface area contributed by atoms with E-state index in [1.165, 1.54) is 6.92 Å². The molecule has 11 heteroatoms. The molecule has 0 fully saturated rings. The fraction of sp³-hybridized carbons (Fsp3) is 0.615. The summed E-state index contributed by atoms with van der Waals surface area (Å²) in [5, 5.41) is 22.3. The van der Waals surface area contributed by atoms with Crippen LogP contribution in [0.1, 0.15) is 26.2 Å². The van der Waals surface area contributed by atoms with Crippen LogP contribution in [0.3, 0.4) is 0 Å². The maximum absolute atomic E-state index is 12.1. The van der Waals surface area contributed by atoms with Crippen molar-refractivity contribution in [3.8, 4) is 0 Å². The molecule has 0 aliphatic rings. The number of hydrogen-bond acceptors (Lipinski definition) is 7. The molecule has 0 aromatic carbocycles. The first-order valence-electron chi connectivity index (χ1n) is 7.08. The van der Waals surface area contributed by atoms with Gasteiger partial charge in [0.25, 0.3) is 0 Å². The molecule has 0 aliphatic carbocycles.